The van der Waals surface area contributed by atoms with Crippen molar-refractivity contribution in [2.45, 2.75) is 44.2 Å². The molecule has 1 aromatic carbocycles. The number of aliphatic hydroxyl groups is 1. The Bertz CT molecular complexity index is 846. The first-order chi connectivity index (χ1) is 13.8. The van der Waals surface area contributed by atoms with E-state index in [0.717, 1.165) is 38.1 Å². The molecule has 0 atom stereocenters. The van der Waals surface area contributed by atoms with Crippen LogP contribution in [0.25, 0.3) is 0 Å². The van der Waals surface area contributed by atoms with Crippen molar-refractivity contribution >= 4 is 17.7 Å². The van der Waals surface area contributed by atoms with Crippen molar-refractivity contribution in [3.63, 3.8) is 0 Å². The quantitative estimate of drug-likeness (QED) is 0.713. The van der Waals surface area contributed by atoms with Gasteiger partial charge in [-0.2, -0.15) is 13.2 Å². The number of nitrogens with zero attached hydrogens (tertiary/aromatic N) is 3. The minimum atomic E-state index is -4.42. The van der Waals surface area contributed by atoms with Crippen molar-refractivity contribution in [1.82, 2.24) is 14.5 Å². The van der Waals surface area contributed by atoms with E-state index in [2.05, 4.69) is 11.9 Å². The third-order valence-corrected chi connectivity index (χ3v) is 6.09. The molecule has 0 aliphatic carbocycles. The van der Waals surface area contributed by atoms with Crippen LogP contribution in [0.2, 0.25) is 0 Å². The molecular weight excluding hydrogens is 403 g/mol. The van der Waals surface area contributed by atoms with Crippen LogP contribution in [0.1, 0.15) is 36.6 Å². The smallest absolute Gasteiger partial charge is 0.390 e. The number of alkyl halides is 3. The Labute approximate surface area is 171 Å². The third kappa shape index (κ3) is 5.54. The molecule has 0 radical (unpaired) electrons. The number of rotatable bonds is 6. The van der Waals surface area contributed by atoms with Gasteiger partial charge in [-0.1, -0.05) is 30.8 Å². The number of aliphatic hydroxyl groups excluding tert-OH is 1. The number of hydrogen-bond acceptors (Lipinski definition) is 4. The number of benzene rings is 1. The van der Waals surface area contributed by atoms with Gasteiger partial charge in [0.25, 0.3) is 0 Å². The highest BCUT2D eigenvalue weighted by atomic mass is 32.2. The van der Waals surface area contributed by atoms with Gasteiger partial charge < -0.3 is 14.6 Å². The second-order valence-corrected chi connectivity index (χ2v) is 8.27. The van der Waals surface area contributed by atoms with E-state index >= 15 is 0 Å². The molecule has 2 heterocycles. The fourth-order valence-electron chi connectivity index (χ4n) is 3.31. The SMILES string of the molecule is CC1CCN(C(=O)CSc2ncc(CO)n2Cc2cccc(C(F)(F)F)c2)CC1. The van der Waals surface area contributed by atoms with Crippen molar-refractivity contribution in [2.24, 2.45) is 5.92 Å². The first-order valence-electron chi connectivity index (χ1n) is 9.50. The summed E-state index contributed by atoms with van der Waals surface area (Å²) in [5, 5.41) is 10.1. The Hall–Kier alpha value is -2.00. The van der Waals surface area contributed by atoms with Gasteiger partial charge in [-0.25, -0.2) is 4.98 Å². The predicted octanol–water partition coefficient (Wildman–Crippen LogP) is 3.79. The lowest BCUT2D eigenvalue weighted by atomic mass is 9.99. The Kier molecular flexibility index (Phi) is 6.89. The van der Waals surface area contributed by atoms with Crippen LogP contribution in [0.15, 0.2) is 35.6 Å². The summed E-state index contributed by atoms with van der Waals surface area (Å²) in [6.07, 6.45) is -0.936. The maximum Gasteiger partial charge on any atom is 0.416 e. The van der Waals surface area contributed by atoms with Crippen molar-refractivity contribution in [3.8, 4) is 0 Å². The third-order valence-electron chi connectivity index (χ3n) is 5.12. The molecule has 1 aromatic heterocycles. The molecule has 1 aliphatic rings. The summed E-state index contributed by atoms with van der Waals surface area (Å²) in [5.74, 6) is 0.866. The molecule has 29 heavy (non-hydrogen) atoms. The Morgan fingerprint density at radius 3 is 2.69 bits per heavy atom. The standard InChI is InChI=1S/C20H24F3N3O2S/c1-14-5-7-25(8-6-14)18(28)13-29-19-24-10-17(12-27)26(19)11-15-3-2-4-16(9-15)20(21,22)23/h2-4,9-10,14,27H,5-8,11-13H2,1H3. The van der Waals surface area contributed by atoms with E-state index < -0.39 is 11.7 Å². The van der Waals surface area contributed by atoms with Crippen LogP contribution >= 0.6 is 11.8 Å². The summed E-state index contributed by atoms with van der Waals surface area (Å²) in [6, 6.07) is 5.08. The molecule has 9 heteroatoms. The number of halogens is 3. The lowest BCUT2D eigenvalue weighted by Gasteiger charge is -2.30. The van der Waals surface area contributed by atoms with Gasteiger partial charge in [0.1, 0.15) is 0 Å². The number of imidazole rings is 1. The average molecular weight is 427 g/mol. The molecule has 158 valence electrons. The molecule has 3 rings (SSSR count). The number of amides is 1. The van der Waals surface area contributed by atoms with Crippen molar-refractivity contribution < 1.29 is 23.1 Å². The number of likely N-dealkylation sites (tertiary alicyclic amines) is 1. The van der Waals surface area contributed by atoms with E-state index in [9.17, 15) is 23.1 Å². The van der Waals surface area contributed by atoms with Crippen molar-refractivity contribution in [2.75, 3.05) is 18.8 Å². The zero-order valence-corrected chi connectivity index (χ0v) is 17.0. The van der Waals surface area contributed by atoms with E-state index in [1.807, 2.05) is 4.90 Å². The molecule has 0 bridgehead atoms. The highest BCUT2D eigenvalue weighted by Gasteiger charge is 2.30. The summed E-state index contributed by atoms with van der Waals surface area (Å²) in [5.41, 5.74) is 0.222. The molecule has 2 aromatic rings. The van der Waals surface area contributed by atoms with Crippen LogP contribution in [-0.4, -0.2) is 44.3 Å². The zero-order valence-electron chi connectivity index (χ0n) is 16.2. The highest BCUT2D eigenvalue weighted by Crippen LogP contribution is 2.30. The molecule has 1 aliphatic heterocycles. The number of thioether (sulfide) groups is 1. The van der Waals surface area contributed by atoms with Gasteiger partial charge >= 0.3 is 6.18 Å². The molecule has 0 spiro atoms. The summed E-state index contributed by atoms with van der Waals surface area (Å²) in [7, 11) is 0. The van der Waals surface area contributed by atoms with Crippen LogP contribution in [0.3, 0.4) is 0 Å². The van der Waals surface area contributed by atoms with Gasteiger partial charge in [0.15, 0.2) is 5.16 Å². The number of carbonyl (C=O) groups excluding carboxylic acids is 1. The second-order valence-electron chi connectivity index (χ2n) is 7.33. The van der Waals surface area contributed by atoms with Crippen molar-refractivity contribution in [3.05, 3.63) is 47.3 Å². The van der Waals surface area contributed by atoms with Crippen LogP contribution < -0.4 is 0 Å². The lowest BCUT2D eigenvalue weighted by Crippen LogP contribution is -2.38. The maximum atomic E-state index is 13.0. The molecule has 1 N–H and O–H groups in total. The van der Waals surface area contributed by atoms with Gasteiger partial charge in [0.2, 0.25) is 5.91 Å². The molecule has 0 unspecified atom stereocenters. The largest absolute Gasteiger partial charge is 0.416 e. The average Bonchev–Trinajstić information content (AvgIpc) is 3.08. The molecule has 1 fully saturated rings. The lowest BCUT2D eigenvalue weighted by molar-refractivity contribution is -0.137. The predicted molar refractivity (Wildman–Crippen MR) is 104 cm³/mol. The van der Waals surface area contributed by atoms with E-state index in [4.69, 9.17) is 0 Å². The second kappa shape index (κ2) is 9.21. The number of piperidine rings is 1. The Morgan fingerprint density at radius 1 is 1.31 bits per heavy atom. The molecular formula is C20H24F3N3O2S. The van der Waals surface area contributed by atoms with Gasteiger partial charge in [0, 0.05) is 19.6 Å². The first-order valence-corrected chi connectivity index (χ1v) is 10.5. The fraction of sp³-hybridized carbons (Fsp3) is 0.500. The zero-order chi connectivity index (χ0) is 21.0. The van der Waals surface area contributed by atoms with Crippen LogP contribution in [0, 0.1) is 5.92 Å². The van der Waals surface area contributed by atoms with Crippen LogP contribution in [0.4, 0.5) is 13.2 Å². The Morgan fingerprint density at radius 2 is 2.03 bits per heavy atom. The van der Waals surface area contributed by atoms with Gasteiger partial charge in [-0.3, -0.25) is 4.79 Å². The first kappa shape index (κ1) is 21.7. The summed E-state index contributed by atoms with van der Waals surface area (Å²) >= 11 is 1.24. The number of carbonyl (C=O) groups is 1. The minimum absolute atomic E-state index is 0.0288. The minimum Gasteiger partial charge on any atom is -0.390 e. The van der Waals surface area contributed by atoms with E-state index in [-0.39, 0.29) is 24.8 Å². The number of hydrogen-bond donors (Lipinski definition) is 1. The number of aromatic nitrogens is 2. The van der Waals surface area contributed by atoms with E-state index in [1.165, 1.54) is 24.0 Å². The summed E-state index contributed by atoms with van der Waals surface area (Å²) < 4.78 is 40.6. The topological polar surface area (TPSA) is 58.4 Å². The monoisotopic (exact) mass is 427 g/mol. The summed E-state index contributed by atoms with van der Waals surface area (Å²) in [4.78, 5) is 18.6. The Balaban J connectivity index is 1.70. The maximum absolute atomic E-state index is 13.0. The van der Waals surface area contributed by atoms with E-state index in [0.29, 0.717) is 22.3 Å². The molecule has 0 saturated carbocycles. The van der Waals surface area contributed by atoms with Gasteiger partial charge in [-0.05, 0) is 36.5 Å². The van der Waals surface area contributed by atoms with Crippen LogP contribution in [-0.2, 0) is 24.1 Å². The van der Waals surface area contributed by atoms with Crippen molar-refractivity contribution in [1.29, 1.82) is 0 Å². The molecule has 1 amide bonds. The molecule has 5 nitrogen and oxygen atoms in total. The fourth-order valence-corrected chi connectivity index (χ4v) is 4.21. The normalized spacial score (nSPS) is 15.7. The van der Waals surface area contributed by atoms with Gasteiger partial charge in [0.05, 0.1) is 29.8 Å². The van der Waals surface area contributed by atoms with E-state index in [1.54, 1.807) is 10.6 Å². The highest BCUT2D eigenvalue weighted by molar-refractivity contribution is 7.99. The summed E-state index contributed by atoms with van der Waals surface area (Å²) in [6.45, 7) is 3.53. The van der Waals surface area contributed by atoms with Gasteiger partial charge in [-0.15, -0.1) is 0 Å². The molecule has 1 saturated heterocycles. The van der Waals surface area contributed by atoms with Crippen LogP contribution in [0.5, 0.6) is 0 Å².